The third-order valence-electron chi connectivity index (χ3n) is 14.5. The molecule has 2 unspecified atom stereocenters. The van der Waals surface area contributed by atoms with E-state index in [9.17, 15) is 19.5 Å². The smallest absolute Gasteiger partial charge is 0.306 e. The molecule has 0 saturated heterocycles. The van der Waals surface area contributed by atoms with E-state index in [1.807, 2.05) is 0 Å². The molecule has 0 aromatic carbocycles. The van der Waals surface area contributed by atoms with Gasteiger partial charge >= 0.3 is 17.9 Å². The first kappa shape index (κ1) is 73.4. The Hall–Kier alpha value is -1.71. The predicted molar refractivity (Wildman–Crippen MR) is 309 cm³/mol. The standard InChI is InChI=1S/C39H76O5.C25H50O4/c1-3-5-7-9-11-13-15-17-19-21-23-25-27-29-31-33-38(41)43-36-37(35-40)44-39(42)34-32-30-28-26-24-22-20-18-16-14-12-10-8-6-4-2;1-2-3-4-5-6-7-8-9-10-11-12-13-14-15-16-17-18-19-20-21-25(28)29-23-24(27)22-26/h37,40H,3-36H2,1-2H3;24,26-27H,2-23H2,1H3. The molecule has 0 aliphatic carbocycles. The second kappa shape index (κ2) is 64.6. The minimum Gasteiger partial charge on any atom is -0.463 e. The number of aliphatic hydroxyl groups is 3. The van der Waals surface area contributed by atoms with Crippen LogP contribution in [0.1, 0.15) is 355 Å². The molecule has 0 bridgehead atoms. The van der Waals surface area contributed by atoms with Crippen LogP contribution in [0, 0.1) is 0 Å². The Kier molecular flexibility index (Phi) is 64.9. The van der Waals surface area contributed by atoms with E-state index in [1.54, 1.807) is 0 Å². The molecule has 0 aliphatic heterocycles. The molecule has 0 aromatic heterocycles. The molecule has 0 saturated carbocycles. The molecule has 9 nitrogen and oxygen atoms in total. The first-order valence-corrected chi connectivity index (χ1v) is 32.2. The molecule has 0 heterocycles. The van der Waals surface area contributed by atoms with Gasteiger partial charge in [0.2, 0.25) is 0 Å². The van der Waals surface area contributed by atoms with Gasteiger partial charge in [-0.05, 0) is 19.3 Å². The summed E-state index contributed by atoms with van der Waals surface area (Å²) in [5, 5.41) is 27.3. The molecular weight excluding hydrogens is 913 g/mol. The van der Waals surface area contributed by atoms with Gasteiger partial charge in [-0.25, -0.2) is 0 Å². The Labute approximate surface area is 453 Å². The van der Waals surface area contributed by atoms with Gasteiger partial charge in [0, 0.05) is 19.3 Å². The van der Waals surface area contributed by atoms with E-state index < -0.39 is 12.2 Å². The average Bonchev–Trinajstić information content (AvgIpc) is 3.39. The lowest BCUT2D eigenvalue weighted by molar-refractivity contribution is -0.161. The molecule has 0 aromatic rings. The predicted octanol–water partition coefficient (Wildman–Crippen LogP) is 18.7. The summed E-state index contributed by atoms with van der Waals surface area (Å²) in [6, 6.07) is 0. The molecule has 0 rings (SSSR count). The van der Waals surface area contributed by atoms with Crippen LogP contribution in [-0.2, 0) is 28.6 Å². The largest absolute Gasteiger partial charge is 0.463 e. The molecule has 0 amide bonds. The lowest BCUT2D eigenvalue weighted by Crippen LogP contribution is -2.28. The van der Waals surface area contributed by atoms with Crippen LogP contribution in [-0.4, -0.2) is 71.9 Å². The van der Waals surface area contributed by atoms with Gasteiger partial charge in [-0.15, -0.1) is 0 Å². The van der Waals surface area contributed by atoms with Crippen LogP contribution in [0.15, 0.2) is 0 Å². The number of hydrogen-bond donors (Lipinski definition) is 3. The molecule has 3 N–H and O–H groups in total. The van der Waals surface area contributed by atoms with Crippen molar-refractivity contribution in [2.75, 3.05) is 26.4 Å². The van der Waals surface area contributed by atoms with Gasteiger partial charge in [0.25, 0.3) is 0 Å². The van der Waals surface area contributed by atoms with Gasteiger partial charge in [0.15, 0.2) is 6.10 Å². The number of carbonyl (C=O) groups is 3. The van der Waals surface area contributed by atoms with Crippen molar-refractivity contribution in [2.24, 2.45) is 0 Å². The van der Waals surface area contributed by atoms with Crippen molar-refractivity contribution >= 4 is 17.9 Å². The quantitative estimate of drug-likeness (QED) is 0.0309. The Balaban J connectivity index is 0. The summed E-state index contributed by atoms with van der Waals surface area (Å²) >= 11 is 0. The first-order valence-electron chi connectivity index (χ1n) is 32.2. The van der Waals surface area contributed by atoms with Gasteiger partial charge in [-0.3, -0.25) is 14.4 Å². The number of esters is 3. The zero-order valence-corrected chi connectivity index (χ0v) is 49.0. The van der Waals surface area contributed by atoms with Crippen molar-refractivity contribution in [3.05, 3.63) is 0 Å². The molecule has 9 heteroatoms. The summed E-state index contributed by atoms with van der Waals surface area (Å²) in [5.74, 6) is -0.849. The van der Waals surface area contributed by atoms with E-state index in [0.717, 1.165) is 44.9 Å². The van der Waals surface area contributed by atoms with Gasteiger partial charge < -0.3 is 29.5 Å². The molecule has 0 fully saturated rings. The normalized spacial score (nSPS) is 12.1. The van der Waals surface area contributed by atoms with Gasteiger partial charge in [0.1, 0.15) is 19.3 Å². The molecular formula is C64H126O9. The van der Waals surface area contributed by atoms with E-state index in [0.29, 0.717) is 19.3 Å². The first-order chi connectivity index (χ1) is 35.8. The van der Waals surface area contributed by atoms with E-state index in [4.69, 9.17) is 24.4 Å². The number of hydrogen-bond acceptors (Lipinski definition) is 9. The Morgan fingerprint density at radius 3 is 0.712 bits per heavy atom. The minimum atomic E-state index is -0.955. The summed E-state index contributed by atoms with van der Waals surface area (Å²) in [6.45, 7) is 5.97. The summed E-state index contributed by atoms with van der Waals surface area (Å²) in [7, 11) is 0. The van der Waals surface area contributed by atoms with Gasteiger partial charge in [0.05, 0.1) is 13.2 Å². The second-order valence-electron chi connectivity index (χ2n) is 22.0. The highest BCUT2D eigenvalue weighted by Crippen LogP contribution is 2.18. The molecule has 436 valence electrons. The van der Waals surface area contributed by atoms with Crippen LogP contribution in [0.4, 0.5) is 0 Å². The topological polar surface area (TPSA) is 140 Å². The van der Waals surface area contributed by atoms with Crippen LogP contribution < -0.4 is 0 Å². The zero-order valence-electron chi connectivity index (χ0n) is 49.0. The third kappa shape index (κ3) is 64.5. The highest BCUT2D eigenvalue weighted by atomic mass is 16.6. The number of aliphatic hydroxyl groups excluding tert-OH is 3. The highest BCUT2D eigenvalue weighted by molar-refractivity contribution is 5.70. The van der Waals surface area contributed by atoms with Crippen LogP contribution >= 0.6 is 0 Å². The van der Waals surface area contributed by atoms with E-state index in [2.05, 4.69) is 20.8 Å². The lowest BCUT2D eigenvalue weighted by Gasteiger charge is -2.15. The average molecular weight is 1040 g/mol. The summed E-state index contributed by atoms with van der Waals surface area (Å²) in [4.78, 5) is 35.6. The second-order valence-corrected chi connectivity index (χ2v) is 22.0. The number of ether oxygens (including phenoxy) is 3. The van der Waals surface area contributed by atoms with Crippen molar-refractivity contribution in [3.63, 3.8) is 0 Å². The van der Waals surface area contributed by atoms with Crippen LogP contribution in [0.3, 0.4) is 0 Å². The van der Waals surface area contributed by atoms with E-state index in [-0.39, 0.29) is 44.3 Å². The number of rotatable bonds is 59. The highest BCUT2D eigenvalue weighted by Gasteiger charge is 2.16. The van der Waals surface area contributed by atoms with E-state index >= 15 is 0 Å². The molecule has 0 aliphatic rings. The maximum Gasteiger partial charge on any atom is 0.306 e. The number of carbonyl (C=O) groups excluding carboxylic acids is 3. The van der Waals surface area contributed by atoms with Gasteiger partial charge in [-0.1, -0.05) is 316 Å². The SMILES string of the molecule is CCCCCCCCCCCCCCCCCC(=O)OCC(CO)OC(=O)CCCCCCCCCCCCCCCCC.CCCCCCCCCCCCCCCCCCCCCC(=O)OCC(O)CO. The fourth-order valence-corrected chi connectivity index (χ4v) is 9.57. The van der Waals surface area contributed by atoms with Crippen molar-refractivity contribution in [3.8, 4) is 0 Å². The van der Waals surface area contributed by atoms with Crippen molar-refractivity contribution in [1.82, 2.24) is 0 Å². The van der Waals surface area contributed by atoms with Gasteiger partial charge in [-0.2, -0.15) is 0 Å². The Bertz CT molecular complexity index is 1090. The van der Waals surface area contributed by atoms with Crippen LogP contribution in [0.25, 0.3) is 0 Å². The molecule has 73 heavy (non-hydrogen) atoms. The van der Waals surface area contributed by atoms with E-state index in [1.165, 1.54) is 270 Å². The third-order valence-corrected chi connectivity index (χ3v) is 14.5. The lowest BCUT2D eigenvalue weighted by atomic mass is 10.0. The van der Waals surface area contributed by atoms with Crippen LogP contribution in [0.2, 0.25) is 0 Å². The summed E-state index contributed by atoms with van der Waals surface area (Å²) in [5.41, 5.74) is 0. The molecule has 0 spiro atoms. The molecule has 2 atom stereocenters. The molecule has 0 radical (unpaired) electrons. The van der Waals surface area contributed by atoms with Crippen molar-refractivity contribution in [1.29, 1.82) is 0 Å². The Morgan fingerprint density at radius 2 is 0.493 bits per heavy atom. The summed E-state index contributed by atoms with van der Waals surface area (Å²) < 4.78 is 15.5. The zero-order chi connectivity index (χ0) is 53.6. The minimum absolute atomic E-state index is 0.0569. The maximum atomic E-state index is 12.1. The fourth-order valence-electron chi connectivity index (χ4n) is 9.57. The fraction of sp³-hybridized carbons (Fsp3) is 0.953. The maximum absolute atomic E-state index is 12.1. The van der Waals surface area contributed by atoms with Crippen LogP contribution in [0.5, 0.6) is 0 Å². The Morgan fingerprint density at radius 1 is 0.288 bits per heavy atom. The van der Waals surface area contributed by atoms with Crippen molar-refractivity contribution in [2.45, 2.75) is 367 Å². The monoisotopic (exact) mass is 1040 g/mol. The summed E-state index contributed by atoms with van der Waals surface area (Å²) in [6.07, 6.45) is 63.6. The number of unbranched alkanes of at least 4 members (excludes halogenated alkanes) is 46. The van der Waals surface area contributed by atoms with Crippen molar-refractivity contribution < 1.29 is 43.9 Å².